The number of hydrogen-bond acceptors (Lipinski definition) is 2. The number of methoxy groups -OCH3 is 1. The van der Waals surface area contributed by atoms with E-state index in [0.717, 1.165) is 17.7 Å². The Balaban J connectivity index is 1.67. The lowest BCUT2D eigenvalue weighted by Gasteiger charge is -2.07. The fourth-order valence-corrected chi connectivity index (χ4v) is 3.12. The van der Waals surface area contributed by atoms with Crippen molar-refractivity contribution in [2.45, 2.75) is 12.3 Å². The van der Waals surface area contributed by atoms with Crippen LogP contribution in [0.3, 0.4) is 0 Å². The minimum Gasteiger partial charge on any atom is -0.497 e. The number of carbonyl (C=O) groups is 1. The third-order valence-corrected chi connectivity index (χ3v) is 4.21. The lowest BCUT2D eigenvalue weighted by atomic mass is 10.1. The minimum atomic E-state index is -0.0410. The molecule has 3 nitrogen and oxygen atoms in total. The van der Waals surface area contributed by atoms with Crippen LogP contribution in [0.1, 0.15) is 17.9 Å². The Morgan fingerprint density at radius 2 is 1.91 bits per heavy atom. The number of rotatable bonds is 4. The number of hydrogen-bond donors (Lipinski definition) is 1. The van der Waals surface area contributed by atoms with Crippen molar-refractivity contribution in [3.05, 3.63) is 58.1 Å². The summed E-state index contributed by atoms with van der Waals surface area (Å²) in [6.07, 6.45) is 0.812. The third kappa shape index (κ3) is 3.37. The molecule has 2 aromatic rings. The van der Waals surface area contributed by atoms with Crippen LogP contribution in [0, 0.1) is 5.92 Å². The predicted octanol–water partition coefficient (Wildman–Crippen LogP) is 4.74. The molecule has 0 spiro atoms. The highest BCUT2D eigenvalue weighted by Gasteiger charge is 2.44. The summed E-state index contributed by atoms with van der Waals surface area (Å²) in [5.41, 5.74) is 1.75. The Kier molecular flexibility index (Phi) is 4.27. The highest BCUT2D eigenvalue weighted by atomic mass is 35.5. The summed E-state index contributed by atoms with van der Waals surface area (Å²) in [7, 11) is 1.60. The number of benzene rings is 2. The Hall–Kier alpha value is -1.71. The topological polar surface area (TPSA) is 38.3 Å². The largest absolute Gasteiger partial charge is 0.497 e. The number of halogens is 2. The van der Waals surface area contributed by atoms with Crippen molar-refractivity contribution in [3.63, 3.8) is 0 Å². The van der Waals surface area contributed by atoms with Crippen molar-refractivity contribution in [2.24, 2.45) is 5.92 Å². The van der Waals surface area contributed by atoms with Crippen molar-refractivity contribution >= 4 is 34.8 Å². The molecule has 22 heavy (non-hydrogen) atoms. The monoisotopic (exact) mass is 335 g/mol. The maximum Gasteiger partial charge on any atom is 0.228 e. The fourth-order valence-electron chi connectivity index (χ4n) is 2.58. The summed E-state index contributed by atoms with van der Waals surface area (Å²) in [5, 5.41) is 4.12. The van der Waals surface area contributed by atoms with Gasteiger partial charge in [0.25, 0.3) is 0 Å². The van der Waals surface area contributed by atoms with Gasteiger partial charge in [0.1, 0.15) is 5.75 Å². The molecule has 1 aliphatic carbocycles. The summed E-state index contributed by atoms with van der Waals surface area (Å²) in [6, 6.07) is 12.8. The SMILES string of the molecule is COc1cccc(NC(=O)[C@H]2C[C@H]2c2cc(Cl)cc(Cl)c2)c1. The van der Waals surface area contributed by atoms with E-state index in [4.69, 9.17) is 27.9 Å². The zero-order chi connectivity index (χ0) is 15.7. The van der Waals surface area contributed by atoms with Crippen LogP contribution in [0.2, 0.25) is 10.0 Å². The van der Waals surface area contributed by atoms with Gasteiger partial charge in [-0.2, -0.15) is 0 Å². The van der Waals surface area contributed by atoms with E-state index in [2.05, 4.69) is 5.32 Å². The number of amides is 1. The molecule has 0 heterocycles. The summed E-state index contributed by atoms with van der Waals surface area (Å²) >= 11 is 12.0. The van der Waals surface area contributed by atoms with Gasteiger partial charge in [0.15, 0.2) is 0 Å². The van der Waals surface area contributed by atoms with Crippen LogP contribution >= 0.6 is 23.2 Å². The molecular formula is C17H15Cl2NO2. The molecule has 114 valence electrons. The predicted molar refractivity (Wildman–Crippen MR) is 88.9 cm³/mol. The van der Waals surface area contributed by atoms with Gasteiger partial charge in [-0.05, 0) is 48.2 Å². The maximum absolute atomic E-state index is 12.3. The van der Waals surface area contributed by atoms with E-state index in [-0.39, 0.29) is 17.7 Å². The molecule has 0 aliphatic heterocycles. The van der Waals surface area contributed by atoms with E-state index >= 15 is 0 Å². The number of nitrogens with one attached hydrogen (secondary N) is 1. The van der Waals surface area contributed by atoms with Crippen molar-refractivity contribution in [1.29, 1.82) is 0 Å². The van der Waals surface area contributed by atoms with Crippen LogP contribution in [-0.4, -0.2) is 13.0 Å². The first-order chi connectivity index (χ1) is 10.6. The van der Waals surface area contributed by atoms with Crippen LogP contribution in [0.4, 0.5) is 5.69 Å². The zero-order valence-corrected chi connectivity index (χ0v) is 13.5. The minimum absolute atomic E-state index is 0.00866. The molecule has 1 amide bonds. The average molecular weight is 336 g/mol. The van der Waals surface area contributed by atoms with E-state index in [1.165, 1.54) is 0 Å². The second kappa shape index (κ2) is 6.19. The van der Waals surface area contributed by atoms with Crippen LogP contribution in [0.15, 0.2) is 42.5 Å². The smallest absolute Gasteiger partial charge is 0.228 e. The van der Waals surface area contributed by atoms with Gasteiger partial charge in [-0.3, -0.25) is 4.79 Å². The van der Waals surface area contributed by atoms with Crippen LogP contribution in [-0.2, 0) is 4.79 Å². The van der Waals surface area contributed by atoms with Gasteiger partial charge >= 0.3 is 0 Å². The molecule has 5 heteroatoms. The maximum atomic E-state index is 12.3. The van der Waals surface area contributed by atoms with Crippen LogP contribution in [0.25, 0.3) is 0 Å². The highest BCUT2D eigenvalue weighted by molar-refractivity contribution is 6.34. The summed E-state index contributed by atoms with van der Waals surface area (Å²) in [5.74, 6) is 0.865. The summed E-state index contributed by atoms with van der Waals surface area (Å²) < 4.78 is 5.15. The van der Waals surface area contributed by atoms with E-state index in [9.17, 15) is 4.79 Å². The van der Waals surface area contributed by atoms with Crippen LogP contribution < -0.4 is 10.1 Å². The number of anilines is 1. The van der Waals surface area contributed by atoms with E-state index in [0.29, 0.717) is 15.8 Å². The van der Waals surface area contributed by atoms with Gasteiger partial charge < -0.3 is 10.1 Å². The lowest BCUT2D eigenvalue weighted by Crippen LogP contribution is -2.14. The van der Waals surface area contributed by atoms with E-state index < -0.39 is 0 Å². The van der Waals surface area contributed by atoms with Crippen molar-refractivity contribution in [2.75, 3.05) is 12.4 Å². The van der Waals surface area contributed by atoms with Gasteiger partial charge in [0, 0.05) is 27.7 Å². The first-order valence-electron chi connectivity index (χ1n) is 6.98. The van der Waals surface area contributed by atoms with Gasteiger partial charge in [0.05, 0.1) is 7.11 Å². The Morgan fingerprint density at radius 3 is 2.59 bits per heavy atom. The Bertz CT molecular complexity index is 697. The highest BCUT2D eigenvalue weighted by Crippen LogP contribution is 2.49. The van der Waals surface area contributed by atoms with Crippen molar-refractivity contribution in [3.8, 4) is 5.75 Å². The quantitative estimate of drug-likeness (QED) is 0.875. The average Bonchev–Trinajstić information content (AvgIpc) is 3.27. The summed E-state index contributed by atoms with van der Waals surface area (Å²) in [4.78, 5) is 12.3. The fraction of sp³-hybridized carbons (Fsp3) is 0.235. The molecule has 3 rings (SSSR count). The molecular weight excluding hydrogens is 321 g/mol. The zero-order valence-electron chi connectivity index (χ0n) is 12.0. The Labute approximate surface area is 139 Å². The third-order valence-electron chi connectivity index (χ3n) is 3.78. The molecule has 0 saturated heterocycles. The van der Waals surface area contributed by atoms with E-state index in [1.54, 1.807) is 19.2 Å². The van der Waals surface area contributed by atoms with Gasteiger partial charge in [-0.15, -0.1) is 0 Å². The molecule has 1 saturated carbocycles. The molecule has 0 radical (unpaired) electrons. The molecule has 0 bridgehead atoms. The van der Waals surface area contributed by atoms with Gasteiger partial charge in [-0.25, -0.2) is 0 Å². The summed E-state index contributed by atoms with van der Waals surface area (Å²) in [6.45, 7) is 0. The molecule has 2 atom stereocenters. The standard InChI is InChI=1S/C17H15Cl2NO2/c1-22-14-4-2-3-13(8-14)20-17(21)16-9-15(16)10-5-11(18)7-12(19)6-10/h2-8,15-16H,9H2,1H3,(H,20,21)/t15-,16-/m0/s1. The first-order valence-corrected chi connectivity index (χ1v) is 7.73. The molecule has 1 N–H and O–H groups in total. The molecule has 2 aromatic carbocycles. The number of carbonyl (C=O) groups excluding carboxylic acids is 1. The Morgan fingerprint density at radius 1 is 1.18 bits per heavy atom. The normalized spacial score (nSPS) is 19.6. The molecule has 0 aromatic heterocycles. The number of ether oxygens (including phenoxy) is 1. The van der Waals surface area contributed by atoms with Gasteiger partial charge in [-0.1, -0.05) is 29.3 Å². The van der Waals surface area contributed by atoms with Crippen molar-refractivity contribution in [1.82, 2.24) is 0 Å². The molecule has 1 fully saturated rings. The molecule has 0 unspecified atom stereocenters. The van der Waals surface area contributed by atoms with Crippen molar-refractivity contribution < 1.29 is 9.53 Å². The second-order valence-electron chi connectivity index (χ2n) is 5.37. The lowest BCUT2D eigenvalue weighted by molar-refractivity contribution is -0.117. The second-order valence-corrected chi connectivity index (χ2v) is 6.25. The first kappa shape index (κ1) is 15.2. The van der Waals surface area contributed by atoms with Gasteiger partial charge in [0.2, 0.25) is 5.91 Å². The van der Waals surface area contributed by atoms with E-state index in [1.807, 2.05) is 30.3 Å². The van der Waals surface area contributed by atoms with Crippen LogP contribution in [0.5, 0.6) is 5.75 Å². The molecule has 1 aliphatic rings.